The van der Waals surface area contributed by atoms with Gasteiger partial charge in [-0.1, -0.05) is 39.5 Å². The molecule has 1 heterocycles. The van der Waals surface area contributed by atoms with Gasteiger partial charge in [0.05, 0.1) is 6.26 Å². The van der Waals surface area contributed by atoms with Crippen LogP contribution in [0.25, 0.3) is 0 Å². The Labute approximate surface area is 105 Å². The number of rotatable bonds is 8. The Morgan fingerprint density at radius 1 is 1.41 bits per heavy atom. The molecule has 3 nitrogen and oxygen atoms in total. The van der Waals surface area contributed by atoms with Gasteiger partial charge in [0.15, 0.2) is 0 Å². The average molecular weight is 238 g/mol. The molecule has 0 amide bonds. The van der Waals surface area contributed by atoms with E-state index in [9.17, 15) is 0 Å². The molecule has 1 rings (SSSR count). The summed E-state index contributed by atoms with van der Waals surface area (Å²) in [7, 11) is 0. The van der Waals surface area contributed by atoms with Gasteiger partial charge in [-0.2, -0.15) is 0 Å². The summed E-state index contributed by atoms with van der Waals surface area (Å²) in [5.41, 5.74) is 4.08. The number of aryl methyl sites for hydroxylation is 1. The molecule has 3 N–H and O–H groups in total. The van der Waals surface area contributed by atoms with E-state index in [0.29, 0.717) is 0 Å². The number of furan rings is 1. The summed E-state index contributed by atoms with van der Waals surface area (Å²) < 4.78 is 5.35. The first kappa shape index (κ1) is 14.3. The number of nitrogens with two attached hydrogens (primary N) is 1. The number of hydrazine groups is 1. The van der Waals surface area contributed by atoms with Crippen molar-refractivity contribution in [2.75, 3.05) is 0 Å². The van der Waals surface area contributed by atoms with E-state index in [4.69, 9.17) is 10.3 Å². The van der Waals surface area contributed by atoms with E-state index in [-0.39, 0.29) is 6.04 Å². The van der Waals surface area contributed by atoms with E-state index in [0.717, 1.165) is 18.1 Å². The predicted octanol–water partition coefficient (Wildman–Crippen LogP) is 3.70. The van der Waals surface area contributed by atoms with Gasteiger partial charge in [0.1, 0.15) is 5.76 Å². The Bertz CT molecular complexity index is 309. The largest absolute Gasteiger partial charge is 0.469 e. The van der Waals surface area contributed by atoms with Gasteiger partial charge in [0.25, 0.3) is 0 Å². The molecule has 0 radical (unpaired) electrons. The molecule has 2 unspecified atom stereocenters. The summed E-state index contributed by atoms with van der Waals surface area (Å²) in [5.74, 6) is 7.34. The molecule has 3 heteroatoms. The summed E-state index contributed by atoms with van der Waals surface area (Å²) in [5, 5.41) is 0. The Kier molecular flexibility index (Phi) is 6.30. The van der Waals surface area contributed by atoms with Crippen LogP contribution in [0.2, 0.25) is 0 Å². The molecular weight excluding hydrogens is 212 g/mol. The maximum Gasteiger partial charge on any atom is 0.101 e. The highest BCUT2D eigenvalue weighted by Gasteiger charge is 2.17. The van der Waals surface area contributed by atoms with Crippen LogP contribution in [0, 0.1) is 12.8 Å². The lowest BCUT2D eigenvalue weighted by molar-refractivity contribution is 0.355. The topological polar surface area (TPSA) is 51.2 Å². The number of unbranched alkanes of at least 4 members (excludes halogenated alkanes) is 1. The van der Waals surface area contributed by atoms with Crippen LogP contribution in [-0.4, -0.2) is 0 Å². The van der Waals surface area contributed by atoms with Crippen molar-refractivity contribution in [1.29, 1.82) is 0 Å². The minimum atomic E-state index is 0.217. The zero-order valence-electron chi connectivity index (χ0n) is 11.3. The van der Waals surface area contributed by atoms with Crippen LogP contribution in [0.15, 0.2) is 16.7 Å². The van der Waals surface area contributed by atoms with Crippen LogP contribution in [-0.2, 0) is 0 Å². The summed E-state index contributed by atoms with van der Waals surface area (Å²) in [6, 6.07) is 2.28. The minimum absolute atomic E-state index is 0.217. The van der Waals surface area contributed by atoms with Gasteiger partial charge >= 0.3 is 0 Å². The van der Waals surface area contributed by atoms with Gasteiger partial charge in [-0.05, 0) is 25.3 Å². The molecule has 0 aliphatic heterocycles. The molecule has 17 heavy (non-hydrogen) atoms. The van der Waals surface area contributed by atoms with Crippen LogP contribution in [0.1, 0.15) is 63.3 Å². The van der Waals surface area contributed by atoms with Gasteiger partial charge in [-0.25, -0.2) is 0 Å². The molecule has 98 valence electrons. The Morgan fingerprint density at radius 2 is 2.18 bits per heavy atom. The lowest BCUT2D eigenvalue weighted by Crippen LogP contribution is -2.29. The first-order valence-electron chi connectivity index (χ1n) is 6.72. The van der Waals surface area contributed by atoms with Crippen molar-refractivity contribution in [3.8, 4) is 0 Å². The summed E-state index contributed by atoms with van der Waals surface area (Å²) >= 11 is 0. The molecule has 0 spiro atoms. The summed E-state index contributed by atoms with van der Waals surface area (Å²) in [4.78, 5) is 0. The van der Waals surface area contributed by atoms with Gasteiger partial charge < -0.3 is 4.42 Å². The normalized spacial score (nSPS) is 14.8. The van der Waals surface area contributed by atoms with Gasteiger partial charge in [-0.15, -0.1) is 0 Å². The fourth-order valence-electron chi connectivity index (χ4n) is 2.26. The third-order valence-corrected chi connectivity index (χ3v) is 3.47. The van der Waals surface area contributed by atoms with Crippen LogP contribution in [0.3, 0.4) is 0 Å². The van der Waals surface area contributed by atoms with Crippen molar-refractivity contribution in [1.82, 2.24) is 5.43 Å². The number of hydrogen-bond donors (Lipinski definition) is 2. The lowest BCUT2D eigenvalue weighted by Gasteiger charge is -2.21. The maximum atomic E-state index is 5.65. The lowest BCUT2D eigenvalue weighted by atomic mass is 9.90. The molecule has 0 saturated heterocycles. The van der Waals surface area contributed by atoms with E-state index >= 15 is 0 Å². The van der Waals surface area contributed by atoms with Gasteiger partial charge in [-0.3, -0.25) is 11.3 Å². The van der Waals surface area contributed by atoms with Gasteiger partial charge in [0.2, 0.25) is 0 Å². The molecule has 0 saturated carbocycles. The zero-order chi connectivity index (χ0) is 12.7. The van der Waals surface area contributed by atoms with Crippen LogP contribution in [0.4, 0.5) is 0 Å². The second-order valence-electron chi connectivity index (χ2n) is 4.86. The molecule has 0 aliphatic carbocycles. The average Bonchev–Trinajstić information content (AvgIpc) is 2.76. The summed E-state index contributed by atoms with van der Waals surface area (Å²) in [6.45, 7) is 6.46. The molecule has 0 fully saturated rings. The van der Waals surface area contributed by atoms with E-state index in [1.165, 1.54) is 31.2 Å². The van der Waals surface area contributed by atoms with Crippen LogP contribution in [0.5, 0.6) is 0 Å². The van der Waals surface area contributed by atoms with E-state index in [1.54, 1.807) is 0 Å². The summed E-state index contributed by atoms with van der Waals surface area (Å²) in [6.07, 6.45) is 7.98. The smallest absolute Gasteiger partial charge is 0.101 e. The van der Waals surface area contributed by atoms with E-state index in [1.807, 2.05) is 13.2 Å². The maximum absolute atomic E-state index is 5.65. The quantitative estimate of drug-likeness (QED) is 0.536. The molecule has 2 atom stereocenters. The third kappa shape index (κ3) is 4.52. The van der Waals surface area contributed by atoms with Crippen LogP contribution >= 0.6 is 0 Å². The minimum Gasteiger partial charge on any atom is -0.469 e. The van der Waals surface area contributed by atoms with Crippen molar-refractivity contribution >= 4 is 0 Å². The highest BCUT2D eigenvalue weighted by Crippen LogP contribution is 2.27. The Hall–Kier alpha value is -0.800. The Balaban J connectivity index is 2.55. The fourth-order valence-corrected chi connectivity index (χ4v) is 2.26. The van der Waals surface area contributed by atoms with E-state index in [2.05, 4.69) is 25.3 Å². The molecular formula is C14H26N2O. The first-order valence-corrected chi connectivity index (χ1v) is 6.72. The molecule has 0 aromatic carbocycles. The second kappa shape index (κ2) is 7.51. The third-order valence-electron chi connectivity index (χ3n) is 3.47. The van der Waals surface area contributed by atoms with Crippen molar-refractivity contribution in [3.63, 3.8) is 0 Å². The zero-order valence-corrected chi connectivity index (χ0v) is 11.3. The SMILES string of the molecule is CCCCC(CC)CC(NN)c1coc(C)c1. The second-order valence-corrected chi connectivity index (χ2v) is 4.86. The molecule has 0 aliphatic rings. The fraction of sp³-hybridized carbons (Fsp3) is 0.714. The molecule has 0 bridgehead atoms. The molecule has 1 aromatic rings. The highest BCUT2D eigenvalue weighted by atomic mass is 16.3. The Morgan fingerprint density at radius 3 is 2.65 bits per heavy atom. The standard InChI is InChI=1S/C14H26N2O/c1-4-6-7-12(5-2)9-14(16-15)13-8-11(3)17-10-13/h8,10,12,14,16H,4-7,9,15H2,1-3H3. The monoisotopic (exact) mass is 238 g/mol. The van der Waals surface area contributed by atoms with Crippen molar-refractivity contribution in [3.05, 3.63) is 23.7 Å². The number of nitrogens with one attached hydrogen (secondary N) is 1. The highest BCUT2D eigenvalue weighted by molar-refractivity contribution is 5.16. The van der Waals surface area contributed by atoms with Crippen molar-refractivity contribution in [2.24, 2.45) is 11.8 Å². The van der Waals surface area contributed by atoms with Crippen molar-refractivity contribution in [2.45, 2.75) is 58.9 Å². The van der Waals surface area contributed by atoms with Gasteiger partial charge in [0, 0.05) is 11.6 Å². The van der Waals surface area contributed by atoms with Crippen LogP contribution < -0.4 is 11.3 Å². The molecule has 1 aromatic heterocycles. The van der Waals surface area contributed by atoms with Crippen molar-refractivity contribution < 1.29 is 4.42 Å². The first-order chi connectivity index (χ1) is 8.21. The predicted molar refractivity (Wildman–Crippen MR) is 71.4 cm³/mol. The number of hydrogen-bond acceptors (Lipinski definition) is 3. The van der Waals surface area contributed by atoms with E-state index < -0.39 is 0 Å².